The van der Waals surface area contributed by atoms with Crippen LogP contribution in [-0.4, -0.2) is 20.7 Å². The van der Waals surface area contributed by atoms with Crippen LogP contribution in [0.4, 0.5) is 0 Å². The van der Waals surface area contributed by atoms with Gasteiger partial charge in [0.05, 0.1) is 22.3 Å². The van der Waals surface area contributed by atoms with Gasteiger partial charge in [0.15, 0.2) is 10.6 Å². The molecule has 3 aromatic rings. The van der Waals surface area contributed by atoms with Gasteiger partial charge in [0.25, 0.3) is 5.91 Å². The van der Waals surface area contributed by atoms with Crippen LogP contribution in [0, 0.1) is 11.7 Å². The van der Waals surface area contributed by atoms with E-state index in [-0.39, 0.29) is 12.5 Å². The summed E-state index contributed by atoms with van der Waals surface area (Å²) in [6, 6.07) is 12.5. The fourth-order valence-corrected chi connectivity index (χ4v) is 2.94. The molecule has 0 bridgehead atoms. The minimum atomic E-state index is -0.182. The first-order valence-electron chi connectivity index (χ1n) is 7.42. The Bertz CT molecular complexity index is 996. The van der Waals surface area contributed by atoms with Crippen LogP contribution in [0.5, 0.6) is 0 Å². The standard InChI is InChI=1S/C17H14Cl2N4OS/c1-10-3-2-4-11(7-10)16(24)20-9-15-21-22-17(25)23(15)12-5-6-13(18)14(19)8-12/h2-8H,9H2,1H3,(H,20,24)(H,22,25). The summed E-state index contributed by atoms with van der Waals surface area (Å²) in [5, 5.41) is 10.6. The van der Waals surface area contributed by atoms with E-state index >= 15 is 0 Å². The molecule has 0 radical (unpaired) electrons. The number of carbonyl (C=O) groups excluding carboxylic acids is 1. The van der Waals surface area contributed by atoms with Gasteiger partial charge in [-0.2, -0.15) is 5.10 Å². The molecule has 5 nitrogen and oxygen atoms in total. The lowest BCUT2D eigenvalue weighted by molar-refractivity contribution is 0.0949. The summed E-state index contributed by atoms with van der Waals surface area (Å²) >= 11 is 17.3. The summed E-state index contributed by atoms with van der Waals surface area (Å²) in [5.74, 6) is 0.377. The Morgan fingerprint density at radius 2 is 2.04 bits per heavy atom. The van der Waals surface area contributed by atoms with Crippen molar-refractivity contribution >= 4 is 41.3 Å². The molecule has 2 aromatic carbocycles. The average molecular weight is 393 g/mol. The van der Waals surface area contributed by atoms with E-state index in [9.17, 15) is 4.79 Å². The Balaban J connectivity index is 1.83. The topological polar surface area (TPSA) is 62.7 Å². The van der Waals surface area contributed by atoms with Gasteiger partial charge in [0.1, 0.15) is 0 Å². The second-order valence-electron chi connectivity index (χ2n) is 5.43. The van der Waals surface area contributed by atoms with Crippen LogP contribution < -0.4 is 5.32 Å². The fraction of sp³-hybridized carbons (Fsp3) is 0.118. The molecule has 1 heterocycles. The van der Waals surface area contributed by atoms with Crippen LogP contribution in [0.15, 0.2) is 42.5 Å². The van der Waals surface area contributed by atoms with Gasteiger partial charge in [0, 0.05) is 5.56 Å². The monoisotopic (exact) mass is 392 g/mol. The normalized spacial score (nSPS) is 10.7. The number of benzene rings is 2. The Hall–Kier alpha value is -2.15. The highest BCUT2D eigenvalue weighted by Gasteiger charge is 2.12. The maximum Gasteiger partial charge on any atom is 0.251 e. The van der Waals surface area contributed by atoms with Gasteiger partial charge in [-0.25, -0.2) is 0 Å². The average Bonchev–Trinajstić information content (AvgIpc) is 2.96. The van der Waals surface area contributed by atoms with E-state index in [0.29, 0.717) is 31.9 Å². The summed E-state index contributed by atoms with van der Waals surface area (Å²) in [5.41, 5.74) is 2.33. The van der Waals surface area contributed by atoms with Crippen molar-refractivity contribution in [2.45, 2.75) is 13.5 Å². The summed E-state index contributed by atoms with van der Waals surface area (Å²) in [7, 11) is 0. The van der Waals surface area contributed by atoms with Crippen LogP contribution in [0.2, 0.25) is 10.0 Å². The zero-order chi connectivity index (χ0) is 18.0. The van der Waals surface area contributed by atoms with Crippen molar-refractivity contribution < 1.29 is 4.79 Å². The summed E-state index contributed by atoms with van der Waals surface area (Å²) in [6.07, 6.45) is 0. The molecule has 0 spiro atoms. The van der Waals surface area contributed by atoms with Gasteiger partial charge in [-0.1, -0.05) is 40.9 Å². The van der Waals surface area contributed by atoms with Gasteiger partial charge in [-0.15, -0.1) is 0 Å². The molecule has 0 saturated heterocycles. The quantitative estimate of drug-likeness (QED) is 0.643. The Morgan fingerprint density at radius 3 is 2.76 bits per heavy atom. The lowest BCUT2D eigenvalue weighted by Crippen LogP contribution is -2.24. The fourth-order valence-electron chi connectivity index (χ4n) is 2.39. The van der Waals surface area contributed by atoms with Crippen molar-refractivity contribution in [2.24, 2.45) is 0 Å². The highest BCUT2D eigenvalue weighted by atomic mass is 35.5. The van der Waals surface area contributed by atoms with E-state index in [1.807, 2.05) is 25.1 Å². The molecule has 0 fully saturated rings. The Labute approximate surface area is 159 Å². The van der Waals surface area contributed by atoms with Gasteiger partial charge < -0.3 is 5.32 Å². The smallest absolute Gasteiger partial charge is 0.251 e. The van der Waals surface area contributed by atoms with E-state index in [1.165, 1.54) is 0 Å². The second kappa shape index (κ2) is 7.39. The number of halogens is 2. The second-order valence-corrected chi connectivity index (χ2v) is 6.63. The van der Waals surface area contributed by atoms with Crippen LogP contribution >= 0.6 is 35.4 Å². The Kier molecular flexibility index (Phi) is 5.22. The number of hydrogen-bond donors (Lipinski definition) is 2. The van der Waals surface area contributed by atoms with E-state index < -0.39 is 0 Å². The molecular formula is C17H14Cl2N4OS. The van der Waals surface area contributed by atoms with Crippen molar-refractivity contribution in [2.75, 3.05) is 0 Å². The number of aromatic amines is 1. The van der Waals surface area contributed by atoms with Gasteiger partial charge in [0.2, 0.25) is 0 Å². The largest absolute Gasteiger partial charge is 0.345 e. The van der Waals surface area contributed by atoms with Crippen molar-refractivity contribution in [3.63, 3.8) is 0 Å². The lowest BCUT2D eigenvalue weighted by atomic mass is 10.1. The third-order valence-electron chi connectivity index (χ3n) is 3.59. The van der Waals surface area contributed by atoms with Gasteiger partial charge in [-0.3, -0.25) is 14.5 Å². The van der Waals surface area contributed by atoms with E-state index in [2.05, 4.69) is 15.5 Å². The number of nitrogens with one attached hydrogen (secondary N) is 2. The molecule has 0 atom stereocenters. The molecule has 0 unspecified atom stereocenters. The minimum absolute atomic E-state index is 0.182. The Morgan fingerprint density at radius 1 is 1.24 bits per heavy atom. The first-order valence-corrected chi connectivity index (χ1v) is 8.58. The number of H-pyrrole nitrogens is 1. The van der Waals surface area contributed by atoms with Crippen LogP contribution in [0.1, 0.15) is 21.7 Å². The van der Waals surface area contributed by atoms with Crippen molar-refractivity contribution in [1.29, 1.82) is 0 Å². The predicted octanol–water partition coefficient (Wildman–Crippen LogP) is 4.48. The third-order valence-corrected chi connectivity index (χ3v) is 4.60. The molecule has 2 N–H and O–H groups in total. The summed E-state index contributed by atoms with van der Waals surface area (Å²) in [4.78, 5) is 12.3. The lowest BCUT2D eigenvalue weighted by Gasteiger charge is -2.09. The van der Waals surface area contributed by atoms with Crippen molar-refractivity contribution in [3.8, 4) is 5.69 Å². The van der Waals surface area contributed by atoms with Crippen molar-refractivity contribution in [3.05, 3.63) is 74.2 Å². The SMILES string of the molecule is Cc1cccc(C(=O)NCc2n[nH]c(=S)n2-c2ccc(Cl)c(Cl)c2)c1. The minimum Gasteiger partial charge on any atom is -0.345 e. The van der Waals surface area contributed by atoms with Crippen molar-refractivity contribution in [1.82, 2.24) is 20.1 Å². The molecule has 0 saturated carbocycles. The maximum absolute atomic E-state index is 12.3. The molecule has 128 valence electrons. The number of aromatic nitrogens is 3. The number of hydrogen-bond acceptors (Lipinski definition) is 3. The summed E-state index contributed by atoms with van der Waals surface area (Å²) < 4.78 is 2.10. The number of nitrogens with zero attached hydrogens (tertiary/aromatic N) is 2. The molecule has 25 heavy (non-hydrogen) atoms. The third kappa shape index (κ3) is 3.92. The number of rotatable bonds is 4. The van der Waals surface area contributed by atoms with Crippen LogP contribution in [0.25, 0.3) is 5.69 Å². The van der Waals surface area contributed by atoms with E-state index in [1.54, 1.807) is 28.8 Å². The zero-order valence-corrected chi connectivity index (χ0v) is 15.5. The maximum atomic E-state index is 12.3. The van der Waals surface area contributed by atoms with Crippen LogP contribution in [0.3, 0.4) is 0 Å². The number of carbonyl (C=O) groups is 1. The molecule has 1 aromatic heterocycles. The van der Waals surface area contributed by atoms with Gasteiger partial charge >= 0.3 is 0 Å². The molecule has 3 rings (SSSR count). The number of amides is 1. The molecule has 0 aliphatic rings. The predicted molar refractivity (Wildman–Crippen MR) is 101 cm³/mol. The first-order chi connectivity index (χ1) is 12.0. The van der Waals surface area contributed by atoms with E-state index in [4.69, 9.17) is 35.4 Å². The molecule has 0 aliphatic heterocycles. The van der Waals surface area contributed by atoms with Gasteiger partial charge in [-0.05, 0) is 49.5 Å². The zero-order valence-electron chi connectivity index (χ0n) is 13.2. The molecule has 1 amide bonds. The molecule has 8 heteroatoms. The highest BCUT2D eigenvalue weighted by molar-refractivity contribution is 7.71. The number of aryl methyl sites for hydroxylation is 1. The molecule has 0 aliphatic carbocycles. The van der Waals surface area contributed by atoms with Crippen LogP contribution in [-0.2, 0) is 6.54 Å². The first kappa shape index (κ1) is 17.7. The molecular weight excluding hydrogens is 379 g/mol. The van der Waals surface area contributed by atoms with E-state index in [0.717, 1.165) is 5.56 Å². The summed E-state index contributed by atoms with van der Waals surface area (Å²) in [6.45, 7) is 2.15. The highest BCUT2D eigenvalue weighted by Crippen LogP contribution is 2.25.